The molecule has 0 unspecified atom stereocenters. The molecule has 0 aliphatic heterocycles. The maximum atomic E-state index is 12.6. The van der Waals surface area contributed by atoms with Crippen molar-refractivity contribution >= 4 is 23.8 Å². The normalized spacial score (nSPS) is 10.4. The highest BCUT2D eigenvalue weighted by molar-refractivity contribution is 5.93. The number of hydrazone groups is 1. The fraction of sp³-hybridized carbons (Fsp3) is 0.160. The topological polar surface area (TPSA) is 107 Å². The number of nitrogens with one attached hydrogen (secondary N) is 2. The highest BCUT2D eigenvalue weighted by Crippen LogP contribution is 2.38. The van der Waals surface area contributed by atoms with Crippen LogP contribution in [-0.4, -0.2) is 46.0 Å². The van der Waals surface area contributed by atoms with E-state index in [0.717, 1.165) is 5.69 Å². The summed E-state index contributed by atoms with van der Waals surface area (Å²) in [5.41, 5.74) is 4.25. The summed E-state index contributed by atoms with van der Waals surface area (Å²) < 4.78 is 21.2. The molecule has 0 aliphatic carbocycles. The van der Waals surface area contributed by atoms with Gasteiger partial charge >= 0.3 is 5.97 Å². The molecule has 3 rings (SSSR count). The van der Waals surface area contributed by atoms with Crippen LogP contribution in [0.2, 0.25) is 0 Å². The number of carbonyl (C=O) groups excluding carboxylic acids is 2. The van der Waals surface area contributed by atoms with Crippen LogP contribution in [0, 0.1) is 0 Å². The molecule has 0 atom stereocenters. The Hall–Kier alpha value is -4.53. The fourth-order valence-electron chi connectivity index (χ4n) is 2.94. The third-order valence-electron chi connectivity index (χ3n) is 4.62. The molecule has 0 radical (unpaired) electrons. The van der Waals surface area contributed by atoms with E-state index in [1.54, 1.807) is 24.3 Å². The van der Waals surface area contributed by atoms with Gasteiger partial charge in [-0.05, 0) is 54.1 Å². The second-order valence-corrected chi connectivity index (χ2v) is 6.89. The van der Waals surface area contributed by atoms with Gasteiger partial charge in [-0.2, -0.15) is 5.10 Å². The highest BCUT2D eigenvalue weighted by atomic mass is 16.5. The molecule has 9 heteroatoms. The number of esters is 1. The Morgan fingerprint density at radius 3 is 2.12 bits per heavy atom. The van der Waals surface area contributed by atoms with E-state index >= 15 is 0 Å². The van der Waals surface area contributed by atoms with E-state index in [0.29, 0.717) is 28.6 Å². The Labute approximate surface area is 197 Å². The lowest BCUT2D eigenvalue weighted by Gasteiger charge is -2.13. The number of ether oxygens (including phenoxy) is 4. The van der Waals surface area contributed by atoms with E-state index in [2.05, 4.69) is 15.8 Å². The molecule has 0 aromatic heterocycles. The summed E-state index contributed by atoms with van der Waals surface area (Å²) in [6.07, 6.45) is 1.49. The van der Waals surface area contributed by atoms with Crippen LogP contribution in [-0.2, 0) is 4.79 Å². The van der Waals surface area contributed by atoms with Crippen LogP contribution in [0.1, 0.15) is 15.9 Å². The first-order valence-electron chi connectivity index (χ1n) is 10.3. The first kappa shape index (κ1) is 24.1. The third-order valence-corrected chi connectivity index (χ3v) is 4.62. The number of carbonyl (C=O) groups is 2. The molecule has 0 heterocycles. The zero-order valence-corrected chi connectivity index (χ0v) is 19.0. The second kappa shape index (κ2) is 11.9. The van der Waals surface area contributed by atoms with Gasteiger partial charge in [0, 0.05) is 5.69 Å². The third kappa shape index (κ3) is 6.49. The number of amides is 1. The zero-order chi connectivity index (χ0) is 24.3. The predicted molar refractivity (Wildman–Crippen MR) is 128 cm³/mol. The lowest BCUT2D eigenvalue weighted by molar-refractivity contribution is -0.119. The molecule has 176 valence electrons. The van der Waals surface area contributed by atoms with Crippen molar-refractivity contribution in [3.8, 4) is 23.0 Å². The van der Waals surface area contributed by atoms with Gasteiger partial charge < -0.3 is 24.3 Å². The summed E-state index contributed by atoms with van der Waals surface area (Å²) >= 11 is 0. The number of nitrogens with zero attached hydrogens (tertiary/aromatic N) is 1. The number of rotatable bonds is 10. The van der Waals surface area contributed by atoms with Gasteiger partial charge in [0.25, 0.3) is 5.91 Å². The van der Waals surface area contributed by atoms with Gasteiger partial charge in [0.05, 0.1) is 39.7 Å². The quantitative estimate of drug-likeness (QED) is 0.205. The van der Waals surface area contributed by atoms with Crippen molar-refractivity contribution in [2.45, 2.75) is 0 Å². The Balaban J connectivity index is 1.55. The van der Waals surface area contributed by atoms with Gasteiger partial charge in [-0.3, -0.25) is 4.79 Å². The average molecular weight is 463 g/mol. The Bertz CT molecular complexity index is 1120. The van der Waals surface area contributed by atoms with Crippen LogP contribution < -0.4 is 29.7 Å². The average Bonchev–Trinajstić information content (AvgIpc) is 2.88. The Kier molecular flexibility index (Phi) is 8.45. The van der Waals surface area contributed by atoms with Crippen LogP contribution >= 0.6 is 0 Å². The van der Waals surface area contributed by atoms with Gasteiger partial charge in [-0.15, -0.1) is 0 Å². The molecule has 0 saturated heterocycles. The minimum atomic E-state index is -0.584. The SMILES string of the molecule is COc1cc(C(=O)Oc2ccc(C=NNC(=O)CNc3ccccc3)cc2)cc(OC)c1OC. The van der Waals surface area contributed by atoms with E-state index in [9.17, 15) is 9.59 Å². The van der Waals surface area contributed by atoms with Gasteiger partial charge in [-0.1, -0.05) is 18.2 Å². The smallest absolute Gasteiger partial charge is 0.343 e. The fourth-order valence-corrected chi connectivity index (χ4v) is 2.94. The summed E-state index contributed by atoms with van der Waals surface area (Å²) in [5, 5.41) is 6.93. The van der Waals surface area contributed by atoms with Gasteiger partial charge in [0.1, 0.15) is 5.75 Å². The number of methoxy groups -OCH3 is 3. The Morgan fingerprint density at radius 2 is 1.53 bits per heavy atom. The number of hydrogen-bond donors (Lipinski definition) is 2. The summed E-state index contributed by atoms with van der Waals surface area (Å²) in [4.78, 5) is 24.5. The van der Waals surface area contributed by atoms with Gasteiger partial charge in [0.15, 0.2) is 11.5 Å². The second-order valence-electron chi connectivity index (χ2n) is 6.89. The molecule has 0 fully saturated rings. The van der Waals surface area contributed by atoms with Crippen molar-refractivity contribution in [3.63, 3.8) is 0 Å². The first-order valence-corrected chi connectivity index (χ1v) is 10.3. The largest absolute Gasteiger partial charge is 0.493 e. The van der Waals surface area contributed by atoms with Crippen LogP contribution in [0.5, 0.6) is 23.0 Å². The summed E-state index contributed by atoms with van der Waals surface area (Å²) in [5.74, 6) is 0.553. The molecule has 0 bridgehead atoms. The van der Waals surface area contributed by atoms with Crippen molar-refractivity contribution in [2.24, 2.45) is 5.10 Å². The van der Waals surface area contributed by atoms with Crippen molar-refractivity contribution in [1.29, 1.82) is 0 Å². The van der Waals surface area contributed by atoms with E-state index in [-0.39, 0.29) is 18.0 Å². The lowest BCUT2D eigenvalue weighted by atomic mass is 10.2. The van der Waals surface area contributed by atoms with E-state index in [4.69, 9.17) is 18.9 Å². The van der Waals surface area contributed by atoms with Crippen LogP contribution in [0.3, 0.4) is 0 Å². The lowest BCUT2D eigenvalue weighted by Crippen LogP contribution is -2.25. The number of anilines is 1. The maximum Gasteiger partial charge on any atom is 0.343 e. The van der Waals surface area contributed by atoms with E-state index in [1.165, 1.54) is 39.7 Å². The summed E-state index contributed by atoms with van der Waals surface area (Å²) in [7, 11) is 4.42. The van der Waals surface area contributed by atoms with Gasteiger partial charge in [0.2, 0.25) is 5.75 Å². The Morgan fingerprint density at radius 1 is 0.882 bits per heavy atom. The maximum absolute atomic E-state index is 12.6. The summed E-state index contributed by atoms with van der Waals surface area (Å²) in [6, 6.07) is 19.1. The van der Waals surface area contributed by atoms with Crippen molar-refractivity contribution in [1.82, 2.24) is 5.43 Å². The molecule has 3 aromatic carbocycles. The van der Waals surface area contributed by atoms with Crippen molar-refractivity contribution in [3.05, 3.63) is 77.9 Å². The van der Waals surface area contributed by atoms with Crippen LogP contribution in [0.4, 0.5) is 5.69 Å². The van der Waals surface area contributed by atoms with E-state index < -0.39 is 5.97 Å². The van der Waals surface area contributed by atoms with Crippen molar-refractivity contribution < 1.29 is 28.5 Å². The van der Waals surface area contributed by atoms with Crippen molar-refractivity contribution in [2.75, 3.05) is 33.2 Å². The van der Waals surface area contributed by atoms with Gasteiger partial charge in [-0.25, -0.2) is 10.2 Å². The molecule has 34 heavy (non-hydrogen) atoms. The standard InChI is InChI=1S/C25H25N3O6/c1-31-21-13-18(14-22(32-2)24(21)33-3)25(30)34-20-11-9-17(10-12-20)15-27-28-23(29)16-26-19-7-5-4-6-8-19/h4-15,26H,16H2,1-3H3,(H,28,29). The number of para-hydroxylation sites is 1. The van der Waals surface area contributed by atoms with Crippen LogP contribution in [0.25, 0.3) is 0 Å². The van der Waals surface area contributed by atoms with Crippen LogP contribution in [0.15, 0.2) is 71.8 Å². The highest BCUT2D eigenvalue weighted by Gasteiger charge is 2.18. The first-order chi connectivity index (χ1) is 16.5. The summed E-state index contributed by atoms with van der Waals surface area (Å²) in [6.45, 7) is 0.0944. The molecule has 3 aromatic rings. The molecule has 0 spiro atoms. The zero-order valence-electron chi connectivity index (χ0n) is 19.0. The molecule has 9 nitrogen and oxygen atoms in total. The minimum absolute atomic E-state index is 0.0944. The van der Waals surface area contributed by atoms with E-state index in [1.807, 2.05) is 30.3 Å². The molecular weight excluding hydrogens is 438 g/mol. The molecule has 1 amide bonds. The predicted octanol–water partition coefficient (Wildman–Crippen LogP) is 3.49. The monoisotopic (exact) mass is 463 g/mol. The number of hydrogen-bond acceptors (Lipinski definition) is 8. The minimum Gasteiger partial charge on any atom is -0.493 e. The molecular formula is C25H25N3O6. The molecule has 0 aliphatic rings. The molecule has 2 N–H and O–H groups in total. The number of benzene rings is 3. The molecule has 0 saturated carbocycles.